The van der Waals surface area contributed by atoms with Crippen LogP contribution in [0, 0.1) is 0 Å². The fraction of sp³-hybridized carbons (Fsp3) is 0.409. The van der Waals surface area contributed by atoms with Crippen molar-refractivity contribution in [3.8, 4) is 11.5 Å². The number of carbonyl (C=O) groups is 1. The van der Waals surface area contributed by atoms with Gasteiger partial charge in [0, 0.05) is 6.54 Å². The second-order valence-electron chi connectivity index (χ2n) is 7.57. The van der Waals surface area contributed by atoms with Gasteiger partial charge in [-0.1, -0.05) is 30.7 Å². The Hall–Kier alpha value is -2.58. The lowest BCUT2D eigenvalue weighted by atomic mass is 10.0. The van der Waals surface area contributed by atoms with Crippen LogP contribution in [0.1, 0.15) is 37.8 Å². The lowest BCUT2D eigenvalue weighted by molar-refractivity contribution is -0.126. The van der Waals surface area contributed by atoms with Crippen LogP contribution in [-0.2, 0) is 14.8 Å². The Morgan fingerprint density at radius 2 is 1.80 bits per heavy atom. The summed E-state index contributed by atoms with van der Waals surface area (Å²) in [5.74, 6) is 1.07. The van der Waals surface area contributed by atoms with Gasteiger partial charge in [0.15, 0.2) is 11.5 Å². The number of hydrogen-bond acceptors (Lipinski definition) is 5. The van der Waals surface area contributed by atoms with Crippen LogP contribution in [0.2, 0.25) is 0 Å². The number of nitrogens with zero attached hydrogens (tertiary/aromatic N) is 1. The van der Waals surface area contributed by atoms with Crippen molar-refractivity contribution in [1.29, 1.82) is 0 Å². The maximum atomic E-state index is 13.1. The van der Waals surface area contributed by atoms with E-state index < -0.39 is 16.1 Å². The largest absolute Gasteiger partial charge is 0.486 e. The first-order valence-corrected chi connectivity index (χ1v) is 11.7. The van der Waals surface area contributed by atoms with Crippen LogP contribution in [0.15, 0.2) is 53.4 Å². The number of rotatable bonds is 5. The zero-order chi connectivity index (χ0) is 21.1. The molecule has 160 valence electrons. The van der Waals surface area contributed by atoms with Crippen molar-refractivity contribution in [3.63, 3.8) is 0 Å². The van der Waals surface area contributed by atoms with Crippen LogP contribution in [0.25, 0.3) is 0 Å². The molecule has 1 amide bonds. The van der Waals surface area contributed by atoms with Gasteiger partial charge in [-0.25, -0.2) is 8.42 Å². The van der Waals surface area contributed by atoms with Gasteiger partial charge in [-0.2, -0.15) is 4.31 Å². The predicted octanol–water partition coefficient (Wildman–Crippen LogP) is 2.88. The molecule has 0 unspecified atom stereocenters. The first-order valence-electron chi connectivity index (χ1n) is 10.2. The molecule has 8 heteroatoms. The van der Waals surface area contributed by atoms with Gasteiger partial charge in [0.1, 0.15) is 19.3 Å². The molecule has 0 radical (unpaired) electrons. The van der Waals surface area contributed by atoms with E-state index in [4.69, 9.17) is 9.47 Å². The van der Waals surface area contributed by atoms with Gasteiger partial charge in [-0.05, 0) is 49.6 Å². The minimum atomic E-state index is -3.73. The van der Waals surface area contributed by atoms with E-state index in [-0.39, 0.29) is 16.8 Å². The molecule has 1 fully saturated rings. The molecule has 1 N–H and O–H groups in total. The Morgan fingerprint density at radius 3 is 2.57 bits per heavy atom. The molecule has 30 heavy (non-hydrogen) atoms. The van der Waals surface area contributed by atoms with Crippen molar-refractivity contribution in [1.82, 2.24) is 9.62 Å². The smallest absolute Gasteiger partial charge is 0.243 e. The van der Waals surface area contributed by atoms with E-state index in [9.17, 15) is 13.2 Å². The number of fused-ring (bicyclic) bond motifs is 1. The SMILES string of the molecule is C[C@@H](NC(=O)[C@H]1CCCCN1S(=O)(=O)c1ccccc1)c1ccc2c(c1)OCCO2. The van der Waals surface area contributed by atoms with Gasteiger partial charge in [0.05, 0.1) is 10.9 Å². The minimum Gasteiger partial charge on any atom is -0.486 e. The molecular formula is C22H26N2O5S. The molecule has 2 aliphatic rings. The summed E-state index contributed by atoms with van der Waals surface area (Å²) in [4.78, 5) is 13.3. The first-order chi connectivity index (χ1) is 14.5. The minimum absolute atomic E-state index is 0.213. The molecule has 2 aromatic carbocycles. The van der Waals surface area contributed by atoms with Crippen LogP contribution in [-0.4, -0.2) is 44.4 Å². The van der Waals surface area contributed by atoms with Crippen LogP contribution in [0.3, 0.4) is 0 Å². The summed E-state index contributed by atoms with van der Waals surface area (Å²) in [7, 11) is -3.73. The van der Waals surface area contributed by atoms with Crippen LogP contribution < -0.4 is 14.8 Å². The third-order valence-corrected chi connectivity index (χ3v) is 7.45. The molecule has 0 spiro atoms. The van der Waals surface area contributed by atoms with Gasteiger partial charge in [-0.15, -0.1) is 0 Å². The zero-order valence-electron chi connectivity index (χ0n) is 16.9. The molecule has 2 atom stereocenters. The number of piperidine rings is 1. The highest BCUT2D eigenvalue weighted by atomic mass is 32.2. The predicted molar refractivity (Wildman–Crippen MR) is 112 cm³/mol. The van der Waals surface area contributed by atoms with E-state index in [2.05, 4.69) is 5.32 Å². The Bertz CT molecular complexity index is 1010. The van der Waals surface area contributed by atoms with Crippen molar-refractivity contribution in [3.05, 3.63) is 54.1 Å². The number of nitrogens with one attached hydrogen (secondary N) is 1. The fourth-order valence-corrected chi connectivity index (χ4v) is 5.58. The lowest BCUT2D eigenvalue weighted by Gasteiger charge is -2.34. The summed E-state index contributed by atoms with van der Waals surface area (Å²) in [5, 5.41) is 2.98. The first kappa shape index (κ1) is 20.7. The standard InChI is InChI=1S/C22H26N2O5S/c1-16(17-10-11-20-21(15-17)29-14-13-28-20)23-22(25)19-9-5-6-12-24(19)30(26,27)18-7-3-2-4-8-18/h2-4,7-8,10-11,15-16,19H,5-6,9,12-14H2,1H3,(H,23,25)/t16-,19-/m1/s1. The van der Waals surface area contributed by atoms with Gasteiger partial charge in [0.2, 0.25) is 15.9 Å². The zero-order valence-corrected chi connectivity index (χ0v) is 17.7. The number of hydrogen-bond donors (Lipinski definition) is 1. The third kappa shape index (κ3) is 4.15. The molecule has 0 aromatic heterocycles. The number of amides is 1. The average Bonchev–Trinajstić information content (AvgIpc) is 2.79. The molecule has 2 aliphatic heterocycles. The Morgan fingerprint density at radius 1 is 1.07 bits per heavy atom. The number of benzene rings is 2. The van der Waals surface area contributed by atoms with Crippen LogP contribution in [0.5, 0.6) is 11.5 Å². The second-order valence-corrected chi connectivity index (χ2v) is 9.46. The monoisotopic (exact) mass is 430 g/mol. The molecule has 0 bridgehead atoms. The molecular weight excluding hydrogens is 404 g/mol. The van der Waals surface area contributed by atoms with Crippen LogP contribution >= 0.6 is 0 Å². The Kier molecular flexibility index (Phi) is 5.97. The van der Waals surface area contributed by atoms with E-state index in [1.807, 2.05) is 25.1 Å². The highest BCUT2D eigenvalue weighted by Crippen LogP contribution is 2.33. The summed E-state index contributed by atoms with van der Waals surface area (Å²) in [5.41, 5.74) is 0.876. The lowest BCUT2D eigenvalue weighted by Crippen LogP contribution is -2.52. The van der Waals surface area contributed by atoms with Gasteiger partial charge in [0.25, 0.3) is 0 Å². The van der Waals surface area contributed by atoms with Crippen molar-refractivity contribution >= 4 is 15.9 Å². The molecule has 7 nitrogen and oxygen atoms in total. The fourth-order valence-electron chi connectivity index (χ4n) is 3.90. The summed E-state index contributed by atoms with van der Waals surface area (Å²) in [6.07, 6.45) is 2.07. The summed E-state index contributed by atoms with van der Waals surface area (Å²) < 4.78 is 38.8. The quantitative estimate of drug-likeness (QED) is 0.789. The number of sulfonamides is 1. The molecule has 4 rings (SSSR count). The molecule has 2 aromatic rings. The van der Waals surface area contributed by atoms with Gasteiger partial charge < -0.3 is 14.8 Å². The van der Waals surface area contributed by atoms with Crippen molar-refractivity contribution in [2.45, 2.75) is 43.2 Å². The van der Waals surface area contributed by atoms with Gasteiger partial charge in [-0.3, -0.25) is 4.79 Å². The van der Waals surface area contributed by atoms with E-state index in [0.717, 1.165) is 18.4 Å². The molecule has 0 aliphatic carbocycles. The van der Waals surface area contributed by atoms with E-state index >= 15 is 0 Å². The summed E-state index contributed by atoms with van der Waals surface area (Å²) in [6.45, 7) is 3.23. The van der Waals surface area contributed by atoms with Gasteiger partial charge >= 0.3 is 0 Å². The highest BCUT2D eigenvalue weighted by molar-refractivity contribution is 7.89. The normalized spacial score (nSPS) is 20.4. The Balaban J connectivity index is 1.51. The van der Waals surface area contributed by atoms with Crippen molar-refractivity contribution in [2.75, 3.05) is 19.8 Å². The number of carbonyl (C=O) groups excluding carboxylic acids is 1. The second kappa shape index (κ2) is 8.65. The number of ether oxygens (including phenoxy) is 2. The highest BCUT2D eigenvalue weighted by Gasteiger charge is 2.38. The van der Waals surface area contributed by atoms with Crippen LogP contribution in [0.4, 0.5) is 0 Å². The Labute approximate surface area is 177 Å². The third-order valence-electron chi connectivity index (χ3n) is 5.53. The van der Waals surface area contributed by atoms with Crippen molar-refractivity contribution < 1.29 is 22.7 Å². The summed E-state index contributed by atoms with van der Waals surface area (Å²) in [6, 6.07) is 12.9. The molecule has 0 saturated carbocycles. The average molecular weight is 431 g/mol. The molecule has 2 heterocycles. The van der Waals surface area contributed by atoms with E-state index in [1.165, 1.54) is 4.31 Å². The maximum absolute atomic E-state index is 13.1. The van der Waals surface area contributed by atoms with E-state index in [1.54, 1.807) is 30.3 Å². The molecule has 1 saturated heterocycles. The summed E-state index contributed by atoms with van der Waals surface area (Å²) >= 11 is 0. The van der Waals surface area contributed by atoms with Crippen molar-refractivity contribution in [2.24, 2.45) is 0 Å². The van der Waals surface area contributed by atoms with E-state index in [0.29, 0.717) is 37.7 Å². The maximum Gasteiger partial charge on any atom is 0.243 e. The topological polar surface area (TPSA) is 84.9 Å².